The first-order chi connectivity index (χ1) is 13.8. The number of nitrogens with zero attached hydrogens (tertiary/aromatic N) is 3. The quantitative estimate of drug-likeness (QED) is 0.683. The van der Waals surface area contributed by atoms with Gasteiger partial charge >= 0.3 is 0 Å². The van der Waals surface area contributed by atoms with Gasteiger partial charge in [0.05, 0.1) is 25.7 Å². The highest BCUT2D eigenvalue weighted by Crippen LogP contribution is 2.30. The summed E-state index contributed by atoms with van der Waals surface area (Å²) in [5, 5.41) is 0. The molecule has 0 spiro atoms. The summed E-state index contributed by atoms with van der Waals surface area (Å²) < 4.78 is 37.9. The van der Waals surface area contributed by atoms with Crippen molar-refractivity contribution in [1.29, 1.82) is 0 Å². The van der Waals surface area contributed by atoms with Crippen molar-refractivity contribution in [3.8, 4) is 11.5 Å². The van der Waals surface area contributed by atoms with E-state index in [0.29, 0.717) is 50.1 Å². The summed E-state index contributed by atoms with van der Waals surface area (Å²) in [6, 6.07) is 4.62. The molecule has 2 aliphatic rings. The molecule has 2 fully saturated rings. The van der Waals surface area contributed by atoms with E-state index in [9.17, 15) is 13.2 Å². The summed E-state index contributed by atoms with van der Waals surface area (Å²) in [6.07, 6.45) is 2.12. The number of hydrogen-bond donors (Lipinski definition) is 0. The van der Waals surface area contributed by atoms with E-state index in [0.717, 1.165) is 25.9 Å². The number of carbonyl (C=O) groups is 1. The Hall–Kier alpha value is -1.84. The van der Waals surface area contributed by atoms with Crippen molar-refractivity contribution < 1.29 is 22.7 Å². The van der Waals surface area contributed by atoms with Gasteiger partial charge in [0, 0.05) is 45.3 Å². The number of piperazine rings is 1. The zero-order valence-electron chi connectivity index (χ0n) is 17.5. The van der Waals surface area contributed by atoms with E-state index in [1.807, 2.05) is 9.80 Å². The molecule has 0 aromatic heterocycles. The zero-order chi connectivity index (χ0) is 21.0. The lowest BCUT2D eigenvalue weighted by Crippen LogP contribution is -2.52. The molecule has 1 aromatic rings. The van der Waals surface area contributed by atoms with Crippen LogP contribution in [0, 0.1) is 5.92 Å². The summed E-state index contributed by atoms with van der Waals surface area (Å²) in [6.45, 7) is 6.05. The second kappa shape index (κ2) is 9.32. The van der Waals surface area contributed by atoms with Crippen LogP contribution in [0.25, 0.3) is 0 Å². The lowest BCUT2D eigenvalue weighted by atomic mass is 9.99. The average Bonchev–Trinajstić information content (AvgIpc) is 2.74. The van der Waals surface area contributed by atoms with E-state index >= 15 is 0 Å². The molecule has 9 heteroatoms. The van der Waals surface area contributed by atoms with Gasteiger partial charge in [-0.2, -0.15) is 4.31 Å². The highest BCUT2D eigenvalue weighted by Gasteiger charge is 2.30. The summed E-state index contributed by atoms with van der Waals surface area (Å²) in [4.78, 5) is 16.7. The minimum absolute atomic E-state index is 0.146. The van der Waals surface area contributed by atoms with Gasteiger partial charge in [-0.25, -0.2) is 8.42 Å². The lowest BCUT2D eigenvalue weighted by molar-refractivity contribution is -0.134. The number of carbonyl (C=O) groups excluding carboxylic acids is 1. The second-order valence-electron chi connectivity index (χ2n) is 7.76. The van der Waals surface area contributed by atoms with Crippen LogP contribution in [0.4, 0.5) is 0 Å². The Bertz CT molecular complexity index is 813. The number of ether oxygens (including phenoxy) is 2. The molecule has 162 valence electrons. The molecule has 2 saturated heterocycles. The molecule has 0 radical (unpaired) electrons. The Morgan fingerprint density at radius 3 is 2.21 bits per heavy atom. The molecular formula is C20H31N3O5S. The molecule has 0 N–H and O–H groups in total. The minimum atomic E-state index is -3.62. The third-order valence-corrected chi connectivity index (χ3v) is 7.71. The van der Waals surface area contributed by atoms with Crippen molar-refractivity contribution in [2.24, 2.45) is 5.92 Å². The van der Waals surface area contributed by atoms with E-state index in [1.165, 1.54) is 30.7 Å². The predicted octanol–water partition coefficient (Wildman–Crippen LogP) is 1.27. The number of piperidine rings is 1. The van der Waals surface area contributed by atoms with Gasteiger partial charge < -0.3 is 14.4 Å². The normalized spacial score (nSPS) is 19.9. The van der Waals surface area contributed by atoms with Crippen LogP contribution in [-0.2, 0) is 14.8 Å². The fourth-order valence-electron chi connectivity index (χ4n) is 3.80. The molecule has 0 saturated carbocycles. The number of methoxy groups -OCH3 is 2. The van der Waals surface area contributed by atoms with Crippen molar-refractivity contribution in [3.05, 3.63) is 18.2 Å². The third kappa shape index (κ3) is 5.02. The molecule has 0 atom stereocenters. The monoisotopic (exact) mass is 425 g/mol. The molecule has 2 heterocycles. The smallest absolute Gasteiger partial charge is 0.243 e. The van der Waals surface area contributed by atoms with E-state index in [2.05, 4.69) is 6.92 Å². The van der Waals surface area contributed by atoms with Crippen molar-refractivity contribution in [2.75, 3.05) is 60.0 Å². The van der Waals surface area contributed by atoms with Crippen molar-refractivity contribution in [3.63, 3.8) is 0 Å². The number of sulfonamides is 1. The summed E-state index contributed by atoms with van der Waals surface area (Å²) >= 11 is 0. The summed E-state index contributed by atoms with van der Waals surface area (Å²) in [5.74, 6) is 1.70. The Morgan fingerprint density at radius 1 is 1.00 bits per heavy atom. The first-order valence-electron chi connectivity index (χ1n) is 10.1. The van der Waals surface area contributed by atoms with Gasteiger partial charge in [-0.15, -0.1) is 0 Å². The number of hydrogen-bond acceptors (Lipinski definition) is 6. The molecule has 0 aliphatic carbocycles. The molecular weight excluding hydrogens is 394 g/mol. The minimum Gasteiger partial charge on any atom is -0.493 e. The van der Waals surface area contributed by atoms with Crippen LogP contribution in [0.1, 0.15) is 19.8 Å². The van der Waals surface area contributed by atoms with Crippen molar-refractivity contribution in [1.82, 2.24) is 14.1 Å². The SMILES string of the molecule is COc1ccc(S(=O)(=O)N2CCN(CC(=O)N3CCC(C)CC3)CC2)cc1OC. The van der Waals surface area contributed by atoms with Crippen LogP contribution in [0.15, 0.2) is 23.1 Å². The first kappa shape index (κ1) is 21.9. The molecule has 1 amide bonds. The van der Waals surface area contributed by atoms with E-state index < -0.39 is 10.0 Å². The van der Waals surface area contributed by atoms with Crippen LogP contribution < -0.4 is 9.47 Å². The number of likely N-dealkylation sites (tertiary alicyclic amines) is 1. The maximum absolute atomic E-state index is 13.0. The average molecular weight is 426 g/mol. The predicted molar refractivity (Wildman–Crippen MR) is 110 cm³/mol. The topological polar surface area (TPSA) is 79.4 Å². The molecule has 0 unspecified atom stereocenters. The first-order valence-corrected chi connectivity index (χ1v) is 11.5. The van der Waals surface area contributed by atoms with Gasteiger partial charge in [0.25, 0.3) is 0 Å². The van der Waals surface area contributed by atoms with Crippen LogP contribution in [0.5, 0.6) is 11.5 Å². The molecule has 2 aliphatic heterocycles. The molecule has 3 rings (SSSR count). The van der Waals surface area contributed by atoms with Crippen LogP contribution in [0.3, 0.4) is 0 Å². The van der Waals surface area contributed by atoms with Gasteiger partial charge in [-0.1, -0.05) is 6.92 Å². The maximum atomic E-state index is 13.0. The molecule has 0 bridgehead atoms. The highest BCUT2D eigenvalue weighted by molar-refractivity contribution is 7.89. The fraction of sp³-hybridized carbons (Fsp3) is 0.650. The Labute approximate surface area is 173 Å². The number of amides is 1. The summed E-state index contributed by atoms with van der Waals surface area (Å²) in [5.41, 5.74) is 0. The molecule has 1 aromatic carbocycles. The van der Waals surface area contributed by atoms with Gasteiger partial charge in [0.1, 0.15) is 0 Å². The van der Waals surface area contributed by atoms with Crippen molar-refractivity contribution in [2.45, 2.75) is 24.7 Å². The van der Waals surface area contributed by atoms with Crippen LogP contribution in [0.2, 0.25) is 0 Å². The standard InChI is InChI=1S/C20H31N3O5S/c1-16-6-8-22(9-7-16)20(24)15-21-10-12-23(13-11-21)29(25,26)17-4-5-18(27-2)19(14-17)28-3/h4-5,14,16H,6-13,15H2,1-3H3. The fourth-order valence-corrected chi connectivity index (χ4v) is 5.24. The zero-order valence-corrected chi connectivity index (χ0v) is 18.3. The van der Waals surface area contributed by atoms with E-state index in [4.69, 9.17) is 9.47 Å². The van der Waals surface area contributed by atoms with Gasteiger partial charge in [0.2, 0.25) is 15.9 Å². The van der Waals surface area contributed by atoms with Crippen molar-refractivity contribution >= 4 is 15.9 Å². The lowest BCUT2D eigenvalue weighted by Gasteiger charge is -2.36. The highest BCUT2D eigenvalue weighted by atomic mass is 32.2. The Morgan fingerprint density at radius 2 is 1.62 bits per heavy atom. The van der Waals surface area contributed by atoms with Crippen LogP contribution in [-0.4, -0.2) is 88.5 Å². The van der Waals surface area contributed by atoms with E-state index in [1.54, 1.807) is 6.07 Å². The maximum Gasteiger partial charge on any atom is 0.243 e. The number of rotatable bonds is 6. The Balaban J connectivity index is 1.57. The van der Waals surface area contributed by atoms with Gasteiger partial charge in [-0.05, 0) is 30.9 Å². The summed E-state index contributed by atoms with van der Waals surface area (Å²) in [7, 11) is -0.632. The van der Waals surface area contributed by atoms with E-state index in [-0.39, 0.29) is 10.8 Å². The third-order valence-electron chi connectivity index (χ3n) is 5.82. The molecule has 8 nitrogen and oxygen atoms in total. The van der Waals surface area contributed by atoms with Gasteiger partial charge in [0.15, 0.2) is 11.5 Å². The second-order valence-corrected chi connectivity index (χ2v) is 9.70. The molecule has 29 heavy (non-hydrogen) atoms. The Kier molecular flexibility index (Phi) is 7.02. The van der Waals surface area contributed by atoms with Gasteiger partial charge in [-0.3, -0.25) is 9.69 Å². The number of benzene rings is 1. The van der Waals surface area contributed by atoms with Crippen LogP contribution >= 0.6 is 0 Å². The largest absolute Gasteiger partial charge is 0.493 e.